The molecule has 1 amide bonds. The summed E-state index contributed by atoms with van der Waals surface area (Å²) in [7, 11) is -3.72. The minimum atomic E-state index is -3.72. The van der Waals surface area contributed by atoms with Crippen LogP contribution in [0.4, 0.5) is 5.69 Å². The predicted octanol–water partition coefficient (Wildman–Crippen LogP) is 2.62. The van der Waals surface area contributed by atoms with Gasteiger partial charge < -0.3 is 15.4 Å². The summed E-state index contributed by atoms with van der Waals surface area (Å²) < 4.78 is 26.7. The van der Waals surface area contributed by atoms with Gasteiger partial charge in [-0.2, -0.15) is 4.31 Å². The maximum absolute atomic E-state index is 12.7. The van der Waals surface area contributed by atoms with Crippen LogP contribution in [0.3, 0.4) is 0 Å². The summed E-state index contributed by atoms with van der Waals surface area (Å²) >= 11 is 0. The van der Waals surface area contributed by atoms with Crippen molar-refractivity contribution < 1.29 is 18.3 Å². The van der Waals surface area contributed by atoms with E-state index in [1.54, 1.807) is 38.1 Å². The van der Waals surface area contributed by atoms with Gasteiger partial charge in [0, 0.05) is 25.9 Å². The minimum Gasteiger partial charge on any atom is -0.506 e. The third-order valence-corrected chi connectivity index (χ3v) is 7.11. The number of amides is 1. The number of aromatic amines is 1. The fourth-order valence-corrected chi connectivity index (χ4v) is 4.86. The Bertz CT molecular complexity index is 1280. The van der Waals surface area contributed by atoms with E-state index in [-0.39, 0.29) is 34.2 Å². The first kappa shape index (κ1) is 23.4. The summed E-state index contributed by atoms with van der Waals surface area (Å²) in [5, 5.41) is 13.1. The van der Waals surface area contributed by atoms with Gasteiger partial charge in [-0.05, 0) is 36.8 Å². The molecule has 9 nitrogen and oxygen atoms in total. The van der Waals surface area contributed by atoms with E-state index in [0.29, 0.717) is 42.7 Å². The summed E-state index contributed by atoms with van der Waals surface area (Å²) in [4.78, 5) is 31.6. The molecule has 10 heteroatoms. The minimum absolute atomic E-state index is 0.00719. The monoisotopic (exact) mass is 458 g/mol. The fourth-order valence-electron chi connectivity index (χ4n) is 3.37. The van der Waals surface area contributed by atoms with Crippen LogP contribution in [0.5, 0.6) is 5.75 Å². The van der Waals surface area contributed by atoms with Crippen molar-refractivity contribution in [1.82, 2.24) is 14.3 Å². The van der Waals surface area contributed by atoms with Crippen molar-refractivity contribution in [2.75, 3.05) is 18.4 Å². The number of sulfonamides is 1. The maximum atomic E-state index is 12.7. The fraction of sp³-hybridized carbons (Fsp3) is 0.318. The molecule has 0 saturated heterocycles. The van der Waals surface area contributed by atoms with E-state index >= 15 is 0 Å². The summed E-state index contributed by atoms with van der Waals surface area (Å²) in [6.07, 6.45) is 0.893. The number of nitrogens with zero attached hydrogens (tertiary/aromatic N) is 2. The number of anilines is 1. The van der Waals surface area contributed by atoms with Crippen LogP contribution < -0.4 is 10.9 Å². The quantitative estimate of drug-likeness (QED) is 0.422. The topological polar surface area (TPSA) is 132 Å². The van der Waals surface area contributed by atoms with Crippen molar-refractivity contribution in [3.8, 4) is 5.75 Å². The molecule has 1 aromatic heterocycles. The molecule has 0 bridgehead atoms. The van der Waals surface area contributed by atoms with Crippen LogP contribution in [0.25, 0.3) is 10.9 Å². The Hall–Kier alpha value is -3.24. The number of para-hydroxylation sites is 1. The molecule has 0 fully saturated rings. The number of carbonyl (C=O) groups excluding carboxylic acids is 1. The predicted molar refractivity (Wildman–Crippen MR) is 122 cm³/mol. The van der Waals surface area contributed by atoms with Crippen LogP contribution in [0.2, 0.25) is 0 Å². The lowest BCUT2D eigenvalue weighted by Gasteiger charge is -2.19. The number of phenols is 1. The maximum Gasteiger partial charge on any atom is 0.258 e. The molecule has 1 heterocycles. The molecular weight excluding hydrogens is 432 g/mol. The number of carbonyl (C=O) groups is 1. The van der Waals surface area contributed by atoms with Crippen molar-refractivity contribution in [3.63, 3.8) is 0 Å². The Labute approximate surface area is 186 Å². The average molecular weight is 459 g/mol. The highest BCUT2D eigenvalue weighted by atomic mass is 32.2. The number of aromatic nitrogens is 2. The highest BCUT2D eigenvalue weighted by Crippen LogP contribution is 2.28. The van der Waals surface area contributed by atoms with E-state index in [2.05, 4.69) is 15.3 Å². The van der Waals surface area contributed by atoms with Crippen molar-refractivity contribution >= 4 is 32.5 Å². The molecule has 2 aromatic carbocycles. The van der Waals surface area contributed by atoms with Crippen LogP contribution in [-0.2, 0) is 21.2 Å². The smallest absolute Gasteiger partial charge is 0.258 e. The van der Waals surface area contributed by atoms with Gasteiger partial charge in [0.25, 0.3) is 5.56 Å². The van der Waals surface area contributed by atoms with E-state index in [1.165, 1.54) is 22.5 Å². The van der Waals surface area contributed by atoms with Crippen molar-refractivity contribution in [1.29, 1.82) is 0 Å². The van der Waals surface area contributed by atoms with Crippen molar-refractivity contribution in [3.05, 3.63) is 58.6 Å². The van der Waals surface area contributed by atoms with E-state index in [4.69, 9.17) is 0 Å². The molecule has 0 spiro atoms. The Balaban J connectivity index is 1.66. The number of nitrogens with one attached hydrogen (secondary N) is 2. The molecule has 0 saturated carbocycles. The van der Waals surface area contributed by atoms with Gasteiger partial charge in [0.2, 0.25) is 15.9 Å². The summed E-state index contributed by atoms with van der Waals surface area (Å²) in [6.45, 7) is 4.10. The van der Waals surface area contributed by atoms with Gasteiger partial charge in [0.15, 0.2) is 0 Å². The lowest BCUT2D eigenvalue weighted by molar-refractivity contribution is -0.116. The van der Waals surface area contributed by atoms with Crippen LogP contribution in [0.15, 0.2) is 52.2 Å². The number of fused-ring (bicyclic) bond motifs is 1. The number of hydrogen-bond acceptors (Lipinski definition) is 6. The Morgan fingerprint density at radius 1 is 1.16 bits per heavy atom. The van der Waals surface area contributed by atoms with Crippen LogP contribution in [-0.4, -0.2) is 46.8 Å². The Kier molecular flexibility index (Phi) is 7.26. The lowest BCUT2D eigenvalue weighted by atomic mass is 10.2. The second-order valence-electron chi connectivity index (χ2n) is 7.20. The van der Waals surface area contributed by atoms with Crippen molar-refractivity contribution in [2.24, 2.45) is 0 Å². The first-order valence-electron chi connectivity index (χ1n) is 10.4. The molecule has 0 atom stereocenters. The molecule has 0 radical (unpaired) electrons. The van der Waals surface area contributed by atoms with Gasteiger partial charge in [0.05, 0.1) is 21.5 Å². The molecule has 3 N–H and O–H groups in total. The van der Waals surface area contributed by atoms with Crippen LogP contribution >= 0.6 is 0 Å². The molecule has 0 aliphatic heterocycles. The highest BCUT2D eigenvalue weighted by Gasteiger charge is 2.23. The highest BCUT2D eigenvalue weighted by molar-refractivity contribution is 7.89. The first-order valence-corrected chi connectivity index (χ1v) is 11.8. The van der Waals surface area contributed by atoms with E-state index in [1.807, 2.05) is 0 Å². The second kappa shape index (κ2) is 9.92. The number of hydrogen-bond donors (Lipinski definition) is 3. The zero-order chi connectivity index (χ0) is 23.3. The zero-order valence-corrected chi connectivity index (χ0v) is 18.8. The number of aromatic hydroxyl groups is 1. The standard InChI is InChI=1S/C22H26N4O5S/c1-3-26(4-2)32(30,31)15-12-13-19(27)18(14-15)24-21(28)11-7-10-20-23-17-9-6-5-8-16(17)22(29)25-20/h5-6,8-9,12-14,27H,3-4,7,10-11H2,1-2H3,(H,24,28)(H,23,25,29). The summed E-state index contributed by atoms with van der Waals surface area (Å²) in [5.74, 6) is -0.130. The van der Waals surface area contributed by atoms with Crippen LogP contribution in [0, 0.1) is 0 Å². The number of phenolic OH excluding ortho intramolecular Hbond substituents is 1. The Morgan fingerprint density at radius 3 is 2.59 bits per heavy atom. The molecule has 3 aromatic rings. The average Bonchev–Trinajstić information content (AvgIpc) is 2.76. The molecule has 170 valence electrons. The molecule has 32 heavy (non-hydrogen) atoms. The van der Waals surface area contributed by atoms with Gasteiger partial charge in [0.1, 0.15) is 11.6 Å². The van der Waals surface area contributed by atoms with Crippen LogP contribution in [0.1, 0.15) is 32.5 Å². The van der Waals surface area contributed by atoms with Gasteiger partial charge in [-0.25, -0.2) is 13.4 Å². The third-order valence-electron chi connectivity index (χ3n) is 5.06. The SMILES string of the molecule is CCN(CC)S(=O)(=O)c1ccc(O)c(NC(=O)CCCc2nc3ccccc3c(=O)[nH]2)c1. The molecular formula is C22H26N4O5S. The van der Waals surface area contributed by atoms with Gasteiger partial charge >= 0.3 is 0 Å². The number of aryl methyl sites for hydroxylation is 1. The largest absolute Gasteiger partial charge is 0.506 e. The number of benzene rings is 2. The Morgan fingerprint density at radius 2 is 1.88 bits per heavy atom. The zero-order valence-electron chi connectivity index (χ0n) is 18.0. The molecule has 0 aliphatic rings. The van der Waals surface area contributed by atoms with Gasteiger partial charge in [-0.3, -0.25) is 9.59 Å². The molecule has 3 rings (SSSR count). The summed E-state index contributed by atoms with van der Waals surface area (Å²) in [5.41, 5.74) is 0.388. The second-order valence-corrected chi connectivity index (χ2v) is 9.14. The normalized spacial score (nSPS) is 11.7. The van der Waals surface area contributed by atoms with E-state index < -0.39 is 10.0 Å². The molecule has 0 unspecified atom stereocenters. The number of rotatable bonds is 9. The van der Waals surface area contributed by atoms with Gasteiger partial charge in [-0.1, -0.05) is 26.0 Å². The third kappa shape index (κ3) is 5.14. The summed E-state index contributed by atoms with van der Waals surface area (Å²) in [6, 6.07) is 10.8. The first-order chi connectivity index (χ1) is 15.3. The van der Waals surface area contributed by atoms with E-state index in [0.717, 1.165) is 0 Å². The van der Waals surface area contributed by atoms with Crippen molar-refractivity contribution in [2.45, 2.75) is 38.0 Å². The number of H-pyrrole nitrogens is 1. The van der Waals surface area contributed by atoms with Gasteiger partial charge in [-0.15, -0.1) is 0 Å². The molecule has 0 aliphatic carbocycles. The lowest BCUT2D eigenvalue weighted by Crippen LogP contribution is -2.30. The van der Waals surface area contributed by atoms with E-state index in [9.17, 15) is 23.1 Å².